The molecule has 3 rings (SSSR count). The number of carbonyl (C=O) groups excluding carboxylic acids is 1. The van der Waals surface area contributed by atoms with Crippen LogP contribution in [0, 0.1) is 10.1 Å². The molecule has 0 saturated carbocycles. The highest BCUT2D eigenvalue weighted by Gasteiger charge is 2.20. The number of piperidine rings is 1. The van der Waals surface area contributed by atoms with Gasteiger partial charge < -0.3 is 0 Å². The van der Waals surface area contributed by atoms with Crippen LogP contribution in [0.4, 0.5) is 10.8 Å². The number of nitro benzene ring substituents is 1. The molecule has 0 bridgehead atoms. The van der Waals surface area contributed by atoms with E-state index in [-0.39, 0.29) is 16.3 Å². The zero-order valence-corrected chi connectivity index (χ0v) is 15.8. The first kappa shape index (κ1) is 18.8. The van der Waals surface area contributed by atoms with Gasteiger partial charge in [0.15, 0.2) is 5.13 Å². The van der Waals surface area contributed by atoms with E-state index in [0.29, 0.717) is 11.2 Å². The highest BCUT2D eigenvalue weighted by Crippen LogP contribution is 2.27. The first-order chi connectivity index (χ1) is 12.4. The summed E-state index contributed by atoms with van der Waals surface area (Å²) in [6.07, 6.45) is 5.46. The van der Waals surface area contributed by atoms with Crippen molar-refractivity contribution in [3.8, 4) is 0 Å². The molecular formula is C17H19ClN4O3S. The number of nitro groups is 1. The molecule has 1 amide bonds. The molecule has 0 aliphatic carbocycles. The van der Waals surface area contributed by atoms with Crippen LogP contribution >= 0.6 is 22.9 Å². The van der Waals surface area contributed by atoms with Crippen LogP contribution in [0.3, 0.4) is 0 Å². The molecule has 1 saturated heterocycles. The van der Waals surface area contributed by atoms with Gasteiger partial charge >= 0.3 is 0 Å². The maximum absolute atomic E-state index is 12.3. The fourth-order valence-corrected chi connectivity index (χ4v) is 4.01. The Balaban J connectivity index is 1.66. The van der Waals surface area contributed by atoms with E-state index in [4.69, 9.17) is 11.6 Å². The van der Waals surface area contributed by atoms with Crippen molar-refractivity contribution in [1.29, 1.82) is 0 Å². The highest BCUT2D eigenvalue weighted by atomic mass is 35.5. The minimum atomic E-state index is -0.611. The number of nitrogens with zero attached hydrogens (tertiary/aromatic N) is 3. The average molecular weight is 395 g/mol. The number of benzene rings is 1. The lowest BCUT2D eigenvalue weighted by atomic mass is 10.0. The van der Waals surface area contributed by atoms with Crippen LogP contribution in [0.25, 0.3) is 0 Å². The molecule has 1 unspecified atom stereocenters. The number of nitrogens with one attached hydrogen (secondary N) is 1. The van der Waals surface area contributed by atoms with Crippen molar-refractivity contribution >= 4 is 39.7 Å². The summed E-state index contributed by atoms with van der Waals surface area (Å²) < 4.78 is 0. The Labute approximate surface area is 160 Å². The molecule has 2 heterocycles. The highest BCUT2D eigenvalue weighted by molar-refractivity contribution is 7.15. The molecule has 26 heavy (non-hydrogen) atoms. The lowest BCUT2D eigenvalue weighted by molar-refractivity contribution is -0.384. The van der Waals surface area contributed by atoms with Gasteiger partial charge in [-0.15, -0.1) is 11.3 Å². The fraction of sp³-hybridized carbons (Fsp3) is 0.412. The second-order valence-corrected chi connectivity index (χ2v) is 7.85. The summed E-state index contributed by atoms with van der Waals surface area (Å²) in [4.78, 5) is 30.4. The van der Waals surface area contributed by atoms with Gasteiger partial charge in [0.25, 0.3) is 11.6 Å². The monoisotopic (exact) mass is 394 g/mol. The van der Waals surface area contributed by atoms with Gasteiger partial charge in [-0.2, -0.15) is 0 Å². The Morgan fingerprint density at radius 1 is 1.50 bits per heavy atom. The normalized spacial score (nSPS) is 17.8. The average Bonchev–Trinajstić information content (AvgIpc) is 3.04. The van der Waals surface area contributed by atoms with Crippen LogP contribution in [0.2, 0.25) is 5.02 Å². The van der Waals surface area contributed by atoms with Gasteiger partial charge in [-0.05, 0) is 38.4 Å². The molecular weight excluding hydrogens is 376 g/mol. The molecule has 1 aliphatic rings. The van der Waals surface area contributed by atoms with Gasteiger partial charge in [0.1, 0.15) is 5.02 Å². The van der Waals surface area contributed by atoms with Gasteiger partial charge in [0.2, 0.25) is 0 Å². The van der Waals surface area contributed by atoms with Crippen molar-refractivity contribution in [3.05, 3.63) is 50.0 Å². The Bertz CT molecular complexity index is 826. The third-order valence-electron chi connectivity index (χ3n) is 4.48. The minimum absolute atomic E-state index is 0.00117. The summed E-state index contributed by atoms with van der Waals surface area (Å²) >= 11 is 7.20. The molecule has 1 aromatic heterocycles. The van der Waals surface area contributed by atoms with E-state index in [0.717, 1.165) is 18.0 Å². The molecule has 0 spiro atoms. The molecule has 1 atom stereocenters. The minimum Gasteiger partial charge on any atom is -0.298 e. The summed E-state index contributed by atoms with van der Waals surface area (Å²) in [5.74, 6) is -0.447. The molecule has 9 heteroatoms. The molecule has 0 radical (unpaired) electrons. The van der Waals surface area contributed by atoms with Crippen LogP contribution in [0.5, 0.6) is 0 Å². The van der Waals surface area contributed by atoms with Crippen LogP contribution in [0.15, 0.2) is 24.4 Å². The van der Waals surface area contributed by atoms with E-state index in [1.54, 1.807) is 6.20 Å². The first-order valence-electron chi connectivity index (χ1n) is 8.38. The Morgan fingerprint density at radius 2 is 2.31 bits per heavy atom. The van der Waals surface area contributed by atoms with Crippen molar-refractivity contribution in [2.45, 2.75) is 38.8 Å². The van der Waals surface area contributed by atoms with Crippen molar-refractivity contribution < 1.29 is 9.72 Å². The SMILES string of the molecule is CC1CCCCN1Cc1cnc(NC(=O)c2ccc(Cl)c([N+](=O)[O-])c2)s1. The van der Waals surface area contributed by atoms with Crippen LogP contribution < -0.4 is 5.32 Å². The topological polar surface area (TPSA) is 88.4 Å². The van der Waals surface area contributed by atoms with E-state index >= 15 is 0 Å². The number of hydrogen-bond donors (Lipinski definition) is 1. The van der Waals surface area contributed by atoms with E-state index in [1.165, 1.54) is 48.8 Å². The number of carbonyl (C=O) groups is 1. The maximum Gasteiger partial charge on any atom is 0.288 e. The van der Waals surface area contributed by atoms with Crippen LogP contribution in [0.1, 0.15) is 41.4 Å². The molecule has 1 aliphatic heterocycles. The summed E-state index contributed by atoms with van der Waals surface area (Å²) in [6.45, 7) is 4.13. The van der Waals surface area contributed by atoms with E-state index in [1.807, 2.05) is 0 Å². The standard InChI is InChI=1S/C17H19ClN4O3S/c1-11-4-2-3-7-21(11)10-13-9-19-17(26-13)20-16(23)12-5-6-14(18)15(8-12)22(24)25/h5-6,8-9,11H,2-4,7,10H2,1H3,(H,19,20,23). The Hall–Kier alpha value is -2.03. The van der Waals surface area contributed by atoms with Crippen LogP contribution in [-0.4, -0.2) is 33.3 Å². The van der Waals surface area contributed by atoms with Gasteiger partial charge in [0.05, 0.1) is 4.92 Å². The number of hydrogen-bond acceptors (Lipinski definition) is 6. The first-order valence-corrected chi connectivity index (χ1v) is 9.57. The molecule has 1 N–H and O–H groups in total. The van der Waals surface area contributed by atoms with Crippen molar-refractivity contribution in [2.75, 3.05) is 11.9 Å². The lowest BCUT2D eigenvalue weighted by Gasteiger charge is -2.32. The molecule has 1 fully saturated rings. The second-order valence-electron chi connectivity index (χ2n) is 6.32. The maximum atomic E-state index is 12.3. The number of rotatable bonds is 5. The number of halogens is 1. The van der Waals surface area contributed by atoms with Gasteiger partial charge in [0, 0.05) is 35.3 Å². The summed E-state index contributed by atoms with van der Waals surface area (Å²) in [6, 6.07) is 4.52. The largest absolute Gasteiger partial charge is 0.298 e. The number of aromatic nitrogens is 1. The molecule has 138 valence electrons. The number of likely N-dealkylation sites (tertiary alicyclic amines) is 1. The molecule has 1 aromatic carbocycles. The summed E-state index contributed by atoms with van der Waals surface area (Å²) in [7, 11) is 0. The number of amides is 1. The zero-order chi connectivity index (χ0) is 18.7. The van der Waals surface area contributed by atoms with E-state index in [2.05, 4.69) is 22.1 Å². The summed E-state index contributed by atoms with van der Waals surface area (Å²) in [5, 5.41) is 14.1. The Kier molecular flexibility index (Phi) is 5.85. The lowest BCUT2D eigenvalue weighted by Crippen LogP contribution is -2.36. The predicted octanol–water partition coefficient (Wildman–Crippen LogP) is 4.33. The Morgan fingerprint density at radius 3 is 3.04 bits per heavy atom. The van der Waals surface area contributed by atoms with E-state index < -0.39 is 10.8 Å². The number of anilines is 1. The number of thiazole rings is 1. The van der Waals surface area contributed by atoms with Crippen LogP contribution in [-0.2, 0) is 6.54 Å². The fourth-order valence-electron chi connectivity index (χ4n) is 2.99. The van der Waals surface area contributed by atoms with E-state index in [9.17, 15) is 14.9 Å². The van der Waals surface area contributed by atoms with Gasteiger partial charge in [-0.1, -0.05) is 18.0 Å². The van der Waals surface area contributed by atoms with Crippen molar-refractivity contribution in [2.24, 2.45) is 0 Å². The third kappa shape index (κ3) is 4.38. The van der Waals surface area contributed by atoms with Crippen molar-refractivity contribution in [1.82, 2.24) is 9.88 Å². The predicted molar refractivity (Wildman–Crippen MR) is 102 cm³/mol. The van der Waals surface area contributed by atoms with Crippen molar-refractivity contribution in [3.63, 3.8) is 0 Å². The smallest absolute Gasteiger partial charge is 0.288 e. The molecule has 2 aromatic rings. The molecule has 7 nitrogen and oxygen atoms in total. The second kappa shape index (κ2) is 8.11. The summed E-state index contributed by atoms with van der Waals surface area (Å²) in [5.41, 5.74) is -0.124. The quantitative estimate of drug-likeness (QED) is 0.602. The zero-order valence-electron chi connectivity index (χ0n) is 14.3. The van der Waals surface area contributed by atoms with Gasteiger partial charge in [-0.25, -0.2) is 4.98 Å². The third-order valence-corrected chi connectivity index (χ3v) is 5.70. The van der Waals surface area contributed by atoms with Gasteiger partial charge in [-0.3, -0.25) is 25.1 Å².